The SMILES string of the molecule is Cn1cc(CN2CCCC(CNC(=O)c3cccnc3)C2)c(-c2ccccc2)n1. The number of amides is 1. The van der Waals surface area contributed by atoms with Crippen molar-refractivity contribution in [2.45, 2.75) is 19.4 Å². The number of nitrogens with one attached hydrogen (secondary N) is 1. The van der Waals surface area contributed by atoms with E-state index in [1.165, 1.54) is 5.56 Å². The highest BCUT2D eigenvalue weighted by Gasteiger charge is 2.22. The first-order valence-electron chi connectivity index (χ1n) is 10.2. The smallest absolute Gasteiger partial charge is 0.252 e. The molecule has 0 aliphatic carbocycles. The first-order valence-corrected chi connectivity index (χ1v) is 10.2. The lowest BCUT2D eigenvalue weighted by molar-refractivity contribution is 0.0930. The minimum atomic E-state index is -0.0474. The first kappa shape index (κ1) is 19.3. The van der Waals surface area contributed by atoms with Crippen molar-refractivity contribution in [2.24, 2.45) is 13.0 Å². The Labute approximate surface area is 171 Å². The van der Waals surface area contributed by atoms with Crippen LogP contribution in [0.5, 0.6) is 0 Å². The van der Waals surface area contributed by atoms with E-state index in [0.717, 1.165) is 43.7 Å². The molecule has 1 atom stereocenters. The van der Waals surface area contributed by atoms with Gasteiger partial charge in [-0.25, -0.2) is 0 Å². The summed E-state index contributed by atoms with van der Waals surface area (Å²) in [5.41, 5.74) is 4.07. The van der Waals surface area contributed by atoms with Crippen LogP contribution in [0.3, 0.4) is 0 Å². The molecule has 0 spiro atoms. The van der Waals surface area contributed by atoms with Gasteiger partial charge in [0, 0.05) is 56.4 Å². The Morgan fingerprint density at radius 2 is 2.07 bits per heavy atom. The Hall–Kier alpha value is -2.99. The fraction of sp³-hybridized carbons (Fsp3) is 0.348. The minimum absolute atomic E-state index is 0.0474. The van der Waals surface area contributed by atoms with Gasteiger partial charge in [0.1, 0.15) is 0 Å². The van der Waals surface area contributed by atoms with Crippen molar-refractivity contribution in [1.82, 2.24) is 25.0 Å². The summed E-state index contributed by atoms with van der Waals surface area (Å²) in [7, 11) is 1.98. The van der Waals surface area contributed by atoms with Crippen molar-refractivity contribution in [2.75, 3.05) is 19.6 Å². The Morgan fingerprint density at radius 1 is 1.21 bits per heavy atom. The number of carbonyl (C=O) groups is 1. The van der Waals surface area contributed by atoms with Gasteiger partial charge in [-0.15, -0.1) is 0 Å². The number of hydrogen-bond donors (Lipinski definition) is 1. The number of likely N-dealkylation sites (tertiary alicyclic amines) is 1. The van der Waals surface area contributed by atoms with Crippen molar-refractivity contribution in [3.63, 3.8) is 0 Å². The van der Waals surface area contributed by atoms with E-state index in [1.54, 1.807) is 24.5 Å². The number of nitrogens with zero attached hydrogens (tertiary/aromatic N) is 4. The van der Waals surface area contributed by atoms with Gasteiger partial charge in [0.15, 0.2) is 0 Å². The zero-order valence-corrected chi connectivity index (χ0v) is 16.8. The summed E-state index contributed by atoms with van der Waals surface area (Å²) in [6.45, 7) is 3.64. The molecule has 3 heterocycles. The number of pyridine rings is 1. The summed E-state index contributed by atoms with van der Waals surface area (Å²) in [4.78, 5) is 18.8. The average Bonchev–Trinajstić information content (AvgIpc) is 3.13. The van der Waals surface area contributed by atoms with Crippen LogP contribution in [0.2, 0.25) is 0 Å². The summed E-state index contributed by atoms with van der Waals surface area (Å²) in [5.74, 6) is 0.412. The van der Waals surface area contributed by atoms with Crippen molar-refractivity contribution in [1.29, 1.82) is 0 Å². The normalized spacial score (nSPS) is 17.2. The molecule has 1 saturated heterocycles. The van der Waals surface area contributed by atoms with Crippen molar-refractivity contribution < 1.29 is 4.79 Å². The lowest BCUT2D eigenvalue weighted by atomic mass is 9.97. The molecule has 6 nitrogen and oxygen atoms in total. The Kier molecular flexibility index (Phi) is 6.00. The van der Waals surface area contributed by atoms with E-state index in [9.17, 15) is 4.79 Å². The Morgan fingerprint density at radius 3 is 2.86 bits per heavy atom. The van der Waals surface area contributed by atoms with Crippen LogP contribution in [-0.2, 0) is 13.6 Å². The van der Waals surface area contributed by atoms with E-state index in [4.69, 9.17) is 0 Å². The predicted octanol–water partition coefficient (Wildman–Crippen LogP) is 3.12. The summed E-state index contributed by atoms with van der Waals surface area (Å²) in [5, 5.41) is 7.76. The van der Waals surface area contributed by atoms with Crippen LogP contribution < -0.4 is 5.32 Å². The Bertz CT molecular complexity index is 938. The van der Waals surface area contributed by atoms with Gasteiger partial charge in [0.25, 0.3) is 5.91 Å². The summed E-state index contributed by atoms with van der Waals surface area (Å²) in [6.07, 6.45) is 7.70. The molecular weight excluding hydrogens is 362 g/mol. The molecule has 1 amide bonds. The molecule has 1 unspecified atom stereocenters. The second kappa shape index (κ2) is 9.01. The van der Waals surface area contributed by atoms with Gasteiger partial charge in [0.2, 0.25) is 0 Å². The second-order valence-electron chi connectivity index (χ2n) is 7.74. The quantitative estimate of drug-likeness (QED) is 0.704. The molecule has 0 saturated carbocycles. The lowest BCUT2D eigenvalue weighted by Gasteiger charge is -2.32. The molecule has 29 heavy (non-hydrogen) atoms. The molecule has 0 bridgehead atoms. The van der Waals surface area contributed by atoms with E-state index in [0.29, 0.717) is 18.0 Å². The first-order chi connectivity index (χ1) is 14.2. The zero-order valence-electron chi connectivity index (χ0n) is 16.8. The van der Waals surface area contributed by atoms with Crippen LogP contribution in [0.1, 0.15) is 28.8 Å². The molecule has 3 aromatic rings. The molecule has 150 valence electrons. The number of carbonyl (C=O) groups excluding carboxylic acids is 1. The number of aryl methyl sites for hydroxylation is 1. The Balaban J connectivity index is 1.37. The molecule has 0 radical (unpaired) electrons. The van der Waals surface area contributed by atoms with Crippen LogP contribution in [-0.4, -0.2) is 45.2 Å². The fourth-order valence-electron chi connectivity index (χ4n) is 4.03. The average molecular weight is 390 g/mol. The highest BCUT2D eigenvalue weighted by atomic mass is 16.1. The van der Waals surface area contributed by atoms with Crippen molar-refractivity contribution >= 4 is 5.91 Å². The summed E-state index contributed by atoms with van der Waals surface area (Å²) >= 11 is 0. The highest BCUT2D eigenvalue weighted by molar-refractivity contribution is 5.93. The largest absolute Gasteiger partial charge is 0.352 e. The van der Waals surface area contributed by atoms with Gasteiger partial charge < -0.3 is 5.32 Å². The molecule has 1 aliphatic heterocycles. The topological polar surface area (TPSA) is 63.0 Å². The number of aromatic nitrogens is 3. The van der Waals surface area contributed by atoms with Gasteiger partial charge in [0.05, 0.1) is 11.3 Å². The van der Waals surface area contributed by atoms with Crippen molar-refractivity contribution in [3.8, 4) is 11.3 Å². The van der Waals surface area contributed by atoms with Gasteiger partial charge in [-0.2, -0.15) is 5.10 Å². The third-order valence-electron chi connectivity index (χ3n) is 5.42. The van der Waals surface area contributed by atoms with E-state index in [2.05, 4.69) is 50.8 Å². The van der Waals surface area contributed by atoms with Gasteiger partial charge >= 0.3 is 0 Å². The monoisotopic (exact) mass is 389 g/mol. The van der Waals surface area contributed by atoms with E-state index < -0.39 is 0 Å². The summed E-state index contributed by atoms with van der Waals surface area (Å²) < 4.78 is 1.90. The van der Waals surface area contributed by atoms with Gasteiger partial charge in [-0.1, -0.05) is 30.3 Å². The minimum Gasteiger partial charge on any atom is -0.352 e. The van der Waals surface area contributed by atoms with Crippen molar-refractivity contribution in [3.05, 3.63) is 72.2 Å². The highest BCUT2D eigenvalue weighted by Crippen LogP contribution is 2.25. The van der Waals surface area contributed by atoms with Crippen LogP contribution in [0.4, 0.5) is 0 Å². The standard InChI is InChI=1S/C23H27N5O/c1-27-16-21(22(26-27)19-8-3-2-4-9-19)17-28-12-6-7-18(15-28)13-25-23(29)20-10-5-11-24-14-20/h2-5,8-11,14,16,18H,6-7,12-13,15,17H2,1H3,(H,25,29). The number of benzene rings is 1. The van der Waals surface area contributed by atoms with Crippen LogP contribution in [0.25, 0.3) is 11.3 Å². The number of hydrogen-bond acceptors (Lipinski definition) is 4. The maximum absolute atomic E-state index is 12.3. The van der Waals surface area contributed by atoms with Crippen LogP contribution in [0, 0.1) is 5.92 Å². The molecule has 4 rings (SSSR count). The summed E-state index contributed by atoms with van der Waals surface area (Å²) in [6, 6.07) is 13.9. The fourth-order valence-corrected chi connectivity index (χ4v) is 4.03. The van der Waals surface area contributed by atoms with E-state index in [-0.39, 0.29) is 5.91 Å². The van der Waals surface area contributed by atoms with Crippen LogP contribution in [0.15, 0.2) is 61.1 Å². The molecule has 1 N–H and O–H groups in total. The molecule has 6 heteroatoms. The maximum Gasteiger partial charge on any atom is 0.252 e. The molecule has 2 aromatic heterocycles. The zero-order chi connectivity index (χ0) is 20.1. The molecule has 1 fully saturated rings. The molecule has 1 aliphatic rings. The number of rotatable bonds is 6. The van der Waals surface area contributed by atoms with Gasteiger partial charge in [-0.3, -0.25) is 19.4 Å². The lowest BCUT2D eigenvalue weighted by Crippen LogP contribution is -2.40. The van der Waals surface area contributed by atoms with Crippen LogP contribution >= 0.6 is 0 Å². The van der Waals surface area contributed by atoms with Gasteiger partial charge in [-0.05, 0) is 37.4 Å². The molecule has 1 aromatic carbocycles. The third-order valence-corrected chi connectivity index (χ3v) is 5.42. The number of piperidine rings is 1. The second-order valence-corrected chi connectivity index (χ2v) is 7.74. The molecular formula is C23H27N5O. The predicted molar refractivity (Wildman–Crippen MR) is 113 cm³/mol. The maximum atomic E-state index is 12.3. The van der Waals surface area contributed by atoms with E-state index in [1.807, 2.05) is 17.8 Å². The van der Waals surface area contributed by atoms with E-state index >= 15 is 0 Å². The third kappa shape index (κ3) is 4.90.